The summed E-state index contributed by atoms with van der Waals surface area (Å²) in [7, 11) is 0. The smallest absolute Gasteiger partial charge is 0.416 e. The molecule has 1 N–H and O–H groups in total. The highest BCUT2D eigenvalue weighted by molar-refractivity contribution is 5.73. The molecule has 0 saturated carbocycles. The van der Waals surface area contributed by atoms with Crippen LogP contribution in [0.25, 0.3) is 11.3 Å². The molecule has 1 fully saturated rings. The Labute approximate surface area is 174 Å². The van der Waals surface area contributed by atoms with Crippen LogP contribution in [0.1, 0.15) is 49.3 Å². The van der Waals surface area contributed by atoms with Crippen molar-refractivity contribution in [2.24, 2.45) is 0 Å². The molecule has 1 aromatic heterocycles. The number of nitrogens with zero attached hydrogens (tertiary/aromatic N) is 4. The Hall–Kier alpha value is -2.35. The van der Waals surface area contributed by atoms with Crippen LogP contribution in [0.5, 0.6) is 5.75 Å². The minimum Gasteiger partial charge on any atom is -0.507 e. The number of halogens is 3. The SMILES string of the molecule is CCN1CCC[C@@H](N2C[C@H](C)c3cc(-c4c(C)cc(C(F)(F)F)cc4O)nnc32)C1. The van der Waals surface area contributed by atoms with Gasteiger partial charge >= 0.3 is 6.18 Å². The Bertz CT molecular complexity index is 923. The Morgan fingerprint density at radius 3 is 2.60 bits per heavy atom. The molecule has 0 unspecified atom stereocenters. The van der Waals surface area contributed by atoms with Crippen LogP contribution in [-0.4, -0.2) is 52.4 Å². The van der Waals surface area contributed by atoms with Crippen LogP contribution in [0.15, 0.2) is 18.2 Å². The molecule has 2 aliphatic heterocycles. The number of alkyl halides is 3. The fourth-order valence-electron chi connectivity index (χ4n) is 4.75. The molecule has 3 heterocycles. The number of piperidine rings is 1. The van der Waals surface area contributed by atoms with Crippen molar-refractivity contribution in [3.63, 3.8) is 0 Å². The van der Waals surface area contributed by atoms with Crippen LogP contribution < -0.4 is 4.90 Å². The van der Waals surface area contributed by atoms with Crippen molar-refractivity contribution < 1.29 is 18.3 Å². The van der Waals surface area contributed by atoms with Gasteiger partial charge in [-0.15, -0.1) is 10.2 Å². The summed E-state index contributed by atoms with van der Waals surface area (Å²) in [6.07, 6.45) is -2.24. The largest absolute Gasteiger partial charge is 0.507 e. The zero-order chi connectivity index (χ0) is 21.6. The Kier molecular flexibility index (Phi) is 5.38. The Balaban J connectivity index is 1.68. The number of anilines is 1. The maximum Gasteiger partial charge on any atom is 0.416 e. The molecular weight excluding hydrogens is 393 g/mol. The van der Waals surface area contributed by atoms with Gasteiger partial charge in [-0.2, -0.15) is 13.2 Å². The van der Waals surface area contributed by atoms with Gasteiger partial charge in [-0.3, -0.25) is 0 Å². The lowest BCUT2D eigenvalue weighted by Gasteiger charge is -2.38. The zero-order valence-electron chi connectivity index (χ0n) is 17.5. The van der Waals surface area contributed by atoms with Crippen LogP contribution in [0, 0.1) is 6.92 Å². The summed E-state index contributed by atoms with van der Waals surface area (Å²) >= 11 is 0. The lowest BCUT2D eigenvalue weighted by atomic mass is 9.98. The third-order valence-corrected chi connectivity index (χ3v) is 6.34. The van der Waals surface area contributed by atoms with Gasteiger partial charge in [-0.1, -0.05) is 13.8 Å². The van der Waals surface area contributed by atoms with Crippen LogP contribution in [-0.2, 0) is 6.18 Å². The third kappa shape index (κ3) is 3.73. The average molecular weight is 420 g/mol. The number of rotatable bonds is 3. The van der Waals surface area contributed by atoms with Crippen molar-refractivity contribution in [3.8, 4) is 17.0 Å². The molecular formula is C22H27F3N4O. The van der Waals surface area contributed by atoms with E-state index in [1.807, 2.05) is 6.07 Å². The Morgan fingerprint density at radius 2 is 1.93 bits per heavy atom. The molecule has 0 spiro atoms. The van der Waals surface area contributed by atoms with Crippen LogP contribution in [0.3, 0.4) is 0 Å². The molecule has 1 saturated heterocycles. The summed E-state index contributed by atoms with van der Waals surface area (Å²) in [5.41, 5.74) is 1.20. The number of benzene rings is 1. The minimum atomic E-state index is -4.51. The summed E-state index contributed by atoms with van der Waals surface area (Å²) in [5, 5.41) is 19.1. The number of likely N-dealkylation sites (N-methyl/N-ethyl adjacent to an activating group) is 1. The number of phenols is 1. The standard InChI is InChI=1S/C22H27F3N4O/c1-4-28-7-5-6-16(12-28)29-11-14(3)17-10-18(26-27-21(17)29)20-13(2)8-15(9-19(20)30)22(23,24)25/h8-10,14,16,30H,4-7,11-12H2,1-3H3/t14-,16+/m0/s1. The number of hydrogen-bond donors (Lipinski definition) is 1. The summed E-state index contributed by atoms with van der Waals surface area (Å²) in [5.74, 6) is 0.673. The lowest BCUT2D eigenvalue weighted by molar-refractivity contribution is -0.137. The van der Waals surface area contributed by atoms with E-state index in [1.54, 1.807) is 6.92 Å². The monoisotopic (exact) mass is 420 g/mol. The van der Waals surface area contributed by atoms with Crippen LogP contribution >= 0.6 is 0 Å². The van der Waals surface area contributed by atoms with Crippen molar-refractivity contribution >= 4 is 5.82 Å². The van der Waals surface area contributed by atoms with Gasteiger partial charge in [-0.25, -0.2) is 0 Å². The van der Waals surface area contributed by atoms with Gasteiger partial charge in [0.2, 0.25) is 0 Å². The third-order valence-electron chi connectivity index (χ3n) is 6.34. The van der Waals surface area contributed by atoms with E-state index in [-0.39, 0.29) is 5.92 Å². The van der Waals surface area contributed by atoms with Crippen molar-refractivity contribution in [2.75, 3.05) is 31.1 Å². The number of phenolic OH excluding ortho intramolecular Hbond substituents is 1. The minimum absolute atomic E-state index is 0.239. The van der Waals surface area contributed by atoms with E-state index in [2.05, 4.69) is 33.8 Å². The van der Waals surface area contributed by atoms with E-state index in [1.165, 1.54) is 0 Å². The first-order chi connectivity index (χ1) is 14.2. The fraction of sp³-hybridized carbons (Fsp3) is 0.545. The van der Waals surface area contributed by atoms with Crippen LogP contribution in [0.4, 0.5) is 19.0 Å². The molecule has 0 amide bonds. The van der Waals surface area contributed by atoms with Crippen molar-refractivity contribution in [2.45, 2.75) is 51.7 Å². The second-order valence-corrected chi connectivity index (χ2v) is 8.44. The molecule has 8 heteroatoms. The highest BCUT2D eigenvalue weighted by Crippen LogP contribution is 2.42. The first kappa shape index (κ1) is 20.9. The second-order valence-electron chi connectivity index (χ2n) is 8.44. The van der Waals surface area contributed by atoms with E-state index in [4.69, 9.17) is 0 Å². The number of aromatic hydroxyl groups is 1. The number of aromatic nitrogens is 2. The molecule has 4 rings (SSSR count). The molecule has 162 valence electrons. The first-order valence-corrected chi connectivity index (χ1v) is 10.5. The molecule has 2 aromatic rings. The zero-order valence-corrected chi connectivity index (χ0v) is 17.5. The molecule has 2 aliphatic rings. The number of fused-ring (bicyclic) bond motifs is 1. The molecule has 5 nitrogen and oxygen atoms in total. The van der Waals surface area contributed by atoms with E-state index in [0.29, 0.717) is 22.9 Å². The summed E-state index contributed by atoms with van der Waals surface area (Å²) < 4.78 is 39.1. The lowest BCUT2D eigenvalue weighted by Crippen LogP contribution is -2.47. The van der Waals surface area contributed by atoms with E-state index in [0.717, 1.165) is 62.5 Å². The predicted molar refractivity (Wildman–Crippen MR) is 110 cm³/mol. The van der Waals surface area contributed by atoms with Crippen molar-refractivity contribution in [1.29, 1.82) is 0 Å². The number of likely N-dealkylation sites (tertiary alicyclic amines) is 1. The molecule has 2 atom stereocenters. The van der Waals surface area contributed by atoms with Gasteiger partial charge in [0, 0.05) is 36.2 Å². The predicted octanol–water partition coefficient (Wildman–Crippen LogP) is 4.58. The van der Waals surface area contributed by atoms with E-state index < -0.39 is 17.5 Å². The molecule has 1 aromatic carbocycles. The quantitative estimate of drug-likeness (QED) is 0.788. The molecule has 0 bridgehead atoms. The maximum atomic E-state index is 13.0. The molecule has 0 radical (unpaired) electrons. The highest BCUT2D eigenvalue weighted by atomic mass is 19.4. The summed E-state index contributed by atoms with van der Waals surface area (Å²) in [4.78, 5) is 4.78. The number of hydrogen-bond acceptors (Lipinski definition) is 5. The topological polar surface area (TPSA) is 52.5 Å². The molecule has 0 aliphatic carbocycles. The van der Waals surface area contributed by atoms with Gasteiger partial charge in [0.15, 0.2) is 5.82 Å². The first-order valence-electron chi connectivity index (χ1n) is 10.5. The maximum absolute atomic E-state index is 13.0. The van der Waals surface area contributed by atoms with Crippen LogP contribution in [0.2, 0.25) is 0 Å². The van der Waals surface area contributed by atoms with Crippen molar-refractivity contribution in [1.82, 2.24) is 15.1 Å². The average Bonchev–Trinajstić information content (AvgIpc) is 3.03. The fourth-order valence-corrected chi connectivity index (χ4v) is 4.75. The van der Waals surface area contributed by atoms with Gasteiger partial charge < -0.3 is 14.9 Å². The van der Waals surface area contributed by atoms with Gasteiger partial charge in [0.1, 0.15) is 5.75 Å². The highest BCUT2D eigenvalue weighted by Gasteiger charge is 2.36. The number of aryl methyl sites for hydroxylation is 1. The van der Waals surface area contributed by atoms with Gasteiger partial charge in [0.05, 0.1) is 11.3 Å². The van der Waals surface area contributed by atoms with Gasteiger partial charge in [-0.05, 0) is 56.6 Å². The van der Waals surface area contributed by atoms with E-state index >= 15 is 0 Å². The normalized spacial score (nSPS) is 22.4. The van der Waals surface area contributed by atoms with Gasteiger partial charge in [0.25, 0.3) is 0 Å². The Morgan fingerprint density at radius 1 is 1.17 bits per heavy atom. The second kappa shape index (κ2) is 7.72. The molecule has 30 heavy (non-hydrogen) atoms. The van der Waals surface area contributed by atoms with Crippen molar-refractivity contribution in [3.05, 3.63) is 34.9 Å². The summed E-state index contributed by atoms with van der Waals surface area (Å²) in [6, 6.07) is 4.07. The van der Waals surface area contributed by atoms with E-state index in [9.17, 15) is 18.3 Å². The summed E-state index contributed by atoms with van der Waals surface area (Å²) in [6.45, 7) is 9.87.